The molecule has 23 heavy (non-hydrogen) atoms. The number of amides is 1. The second-order valence-corrected chi connectivity index (χ2v) is 5.47. The van der Waals surface area contributed by atoms with Crippen LogP contribution in [0, 0.1) is 20.8 Å². The zero-order chi connectivity index (χ0) is 16.8. The molecule has 0 aliphatic carbocycles. The Hall–Kier alpha value is -2.47. The third-order valence-corrected chi connectivity index (χ3v) is 3.16. The van der Waals surface area contributed by atoms with Gasteiger partial charge in [0.05, 0.1) is 6.61 Å². The molecule has 0 spiro atoms. The van der Waals surface area contributed by atoms with E-state index in [9.17, 15) is 4.79 Å². The summed E-state index contributed by atoms with van der Waals surface area (Å²) in [5, 5.41) is 5.92. The zero-order valence-corrected chi connectivity index (χ0v) is 13.9. The van der Waals surface area contributed by atoms with E-state index in [0.29, 0.717) is 24.8 Å². The fourth-order valence-electron chi connectivity index (χ4n) is 2.27. The number of hydrogen-bond donors (Lipinski definition) is 2. The van der Waals surface area contributed by atoms with Crippen molar-refractivity contribution in [3.05, 3.63) is 46.8 Å². The Morgan fingerprint density at radius 2 is 1.78 bits per heavy atom. The first-order valence-electron chi connectivity index (χ1n) is 7.46. The molecule has 0 aliphatic rings. The summed E-state index contributed by atoms with van der Waals surface area (Å²) in [6.07, 6.45) is 0. The predicted molar refractivity (Wildman–Crippen MR) is 90.2 cm³/mol. The highest BCUT2D eigenvalue weighted by molar-refractivity contribution is 5.92. The topological polar surface area (TPSA) is 76.1 Å². The number of carbonyl (C=O) groups excluding carboxylic acids is 1. The lowest BCUT2D eigenvalue weighted by atomic mass is 10.1. The van der Waals surface area contributed by atoms with Gasteiger partial charge in [-0.1, -0.05) is 6.07 Å². The molecule has 2 rings (SSSR count). The molecule has 0 saturated carbocycles. The fourth-order valence-corrected chi connectivity index (χ4v) is 2.27. The molecule has 6 nitrogen and oxygen atoms in total. The number of rotatable bonds is 6. The van der Waals surface area contributed by atoms with E-state index in [1.54, 1.807) is 13.2 Å². The summed E-state index contributed by atoms with van der Waals surface area (Å²) in [6.45, 7) is 6.80. The van der Waals surface area contributed by atoms with Crippen molar-refractivity contribution in [1.29, 1.82) is 0 Å². The number of aromatic nitrogens is 2. The van der Waals surface area contributed by atoms with Crippen molar-refractivity contribution in [2.45, 2.75) is 20.8 Å². The van der Waals surface area contributed by atoms with Crippen LogP contribution in [0.4, 0.5) is 11.6 Å². The van der Waals surface area contributed by atoms with Crippen LogP contribution in [-0.2, 0) is 4.74 Å². The molecular weight excluding hydrogens is 292 g/mol. The Labute approximate surface area is 136 Å². The highest BCUT2D eigenvalue weighted by Gasteiger charge is 2.10. The molecule has 1 aromatic heterocycles. The molecule has 0 aliphatic heterocycles. The summed E-state index contributed by atoms with van der Waals surface area (Å²) >= 11 is 0. The molecule has 1 amide bonds. The van der Waals surface area contributed by atoms with Crippen LogP contribution in [0.15, 0.2) is 24.3 Å². The van der Waals surface area contributed by atoms with Crippen molar-refractivity contribution >= 4 is 17.5 Å². The van der Waals surface area contributed by atoms with E-state index in [1.165, 1.54) is 0 Å². The second kappa shape index (κ2) is 7.69. The number of hydrogen-bond acceptors (Lipinski definition) is 5. The second-order valence-electron chi connectivity index (χ2n) is 5.47. The SMILES string of the molecule is COCCNC(=O)c1cc(C)nc(Nc2cc(C)cc(C)c2)n1. The maximum absolute atomic E-state index is 12.1. The van der Waals surface area contributed by atoms with Gasteiger partial charge in [-0.3, -0.25) is 4.79 Å². The molecule has 0 atom stereocenters. The zero-order valence-electron chi connectivity index (χ0n) is 13.9. The van der Waals surface area contributed by atoms with Crippen LogP contribution in [0.3, 0.4) is 0 Å². The third kappa shape index (κ3) is 5.03. The highest BCUT2D eigenvalue weighted by atomic mass is 16.5. The molecule has 122 valence electrons. The van der Waals surface area contributed by atoms with Gasteiger partial charge in [-0.05, 0) is 50.1 Å². The van der Waals surface area contributed by atoms with Gasteiger partial charge in [-0.25, -0.2) is 9.97 Å². The molecule has 0 bridgehead atoms. The van der Waals surface area contributed by atoms with Gasteiger partial charge in [0.25, 0.3) is 5.91 Å². The lowest BCUT2D eigenvalue weighted by molar-refractivity contribution is 0.0932. The lowest BCUT2D eigenvalue weighted by Gasteiger charge is -2.10. The first kappa shape index (κ1) is 16.9. The van der Waals surface area contributed by atoms with E-state index in [2.05, 4.69) is 26.7 Å². The number of aryl methyl sites for hydroxylation is 3. The van der Waals surface area contributed by atoms with Crippen LogP contribution < -0.4 is 10.6 Å². The maximum Gasteiger partial charge on any atom is 0.270 e. The van der Waals surface area contributed by atoms with Crippen LogP contribution in [0.1, 0.15) is 27.3 Å². The average Bonchev–Trinajstić information content (AvgIpc) is 2.45. The minimum atomic E-state index is -0.240. The maximum atomic E-state index is 12.1. The molecule has 1 heterocycles. The van der Waals surface area contributed by atoms with E-state index in [1.807, 2.05) is 32.9 Å². The number of methoxy groups -OCH3 is 1. The number of nitrogens with one attached hydrogen (secondary N) is 2. The Morgan fingerprint density at radius 1 is 1.09 bits per heavy atom. The number of ether oxygens (including phenoxy) is 1. The summed E-state index contributed by atoms with van der Waals surface area (Å²) in [5.41, 5.74) is 4.26. The van der Waals surface area contributed by atoms with Crippen LogP contribution in [0.5, 0.6) is 0 Å². The summed E-state index contributed by atoms with van der Waals surface area (Å²) in [5.74, 6) is 0.169. The van der Waals surface area contributed by atoms with Crippen molar-refractivity contribution in [1.82, 2.24) is 15.3 Å². The summed E-state index contributed by atoms with van der Waals surface area (Å²) in [7, 11) is 1.59. The standard InChI is InChI=1S/C17H22N4O2/c1-11-7-12(2)9-14(8-11)20-17-19-13(3)10-15(21-17)16(22)18-5-6-23-4/h7-10H,5-6H2,1-4H3,(H,18,22)(H,19,20,21). The fraction of sp³-hybridized carbons (Fsp3) is 0.353. The van der Waals surface area contributed by atoms with Gasteiger partial charge in [0.2, 0.25) is 5.95 Å². The van der Waals surface area contributed by atoms with Gasteiger partial charge in [0.15, 0.2) is 0 Å². The Kier molecular flexibility index (Phi) is 5.65. The predicted octanol–water partition coefficient (Wildman–Crippen LogP) is 2.52. The van der Waals surface area contributed by atoms with E-state index in [0.717, 1.165) is 22.5 Å². The number of anilines is 2. The van der Waals surface area contributed by atoms with E-state index < -0.39 is 0 Å². The number of carbonyl (C=O) groups is 1. The van der Waals surface area contributed by atoms with E-state index in [-0.39, 0.29) is 5.91 Å². The summed E-state index contributed by atoms with van der Waals surface area (Å²) in [4.78, 5) is 20.7. The Bertz CT molecular complexity index is 681. The van der Waals surface area contributed by atoms with E-state index in [4.69, 9.17) is 4.74 Å². The van der Waals surface area contributed by atoms with Crippen LogP contribution in [-0.4, -0.2) is 36.1 Å². The molecular formula is C17H22N4O2. The Morgan fingerprint density at radius 3 is 2.43 bits per heavy atom. The van der Waals surface area contributed by atoms with Gasteiger partial charge in [-0.15, -0.1) is 0 Å². The molecule has 0 fully saturated rings. The first-order valence-corrected chi connectivity index (χ1v) is 7.46. The molecule has 0 saturated heterocycles. The molecule has 6 heteroatoms. The monoisotopic (exact) mass is 314 g/mol. The largest absolute Gasteiger partial charge is 0.383 e. The number of benzene rings is 1. The van der Waals surface area contributed by atoms with Crippen molar-refractivity contribution in [3.63, 3.8) is 0 Å². The third-order valence-electron chi connectivity index (χ3n) is 3.16. The lowest BCUT2D eigenvalue weighted by Crippen LogP contribution is -2.28. The first-order chi connectivity index (χ1) is 11.0. The normalized spacial score (nSPS) is 10.4. The molecule has 1 aromatic carbocycles. The summed E-state index contributed by atoms with van der Waals surface area (Å²) < 4.78 is 4.92. The van der Waals surface area contributed by atoms with Crippen LogP contribution in [0.2, 0.25) is 0 Å². The average molecular weight is 314 g/mol. The minimum absolute atomic E-state index is 0.240. The van der Waals surface area contributed by atoms with Gasteiger partial charge in [0.1, 0.15) is 5.69 Å². The van der Waals surface area contributed by atoms with Gasteiger partial charge >= 0.3 is 0 Å². The molecule has 2 N–H and O–H groups in total. The van der Waals surface area contributed by atoms with Crippen LogP contribution >= 0.6 is 0 Å². The number of nitrogens with zero attached hydrogens (tertiary/aromatic N) is 2. The molecule has 0 unspecified atom stereocenters. The van der Waals surface area contributed by atoms with Crippen molar-refractivity contribution < 1.29 is 9.53 Å². The quantitative estimate of drug-likeness (QED) is 0.801. The minimum Gasteiger partial charge on any atom is -0.383 e. The Balaban J connectivity index is 2.18. The van der Waals surface area contributed by atoms with Gasteiger partial charge in [0, 0.05) is 25.0 Å². The molecule has 0 radical (unpaired) electrons. The smallest absolute Gasteiger partial charge is 0.270 e. The van der Waals surface area contributed by atoms with Gasteiger partial charge in [-0.2, -0.15) is 0 Å². The highest BCUT2D eigenvalue weighted by Crippen LogP contribution is 2.17. The van der Waals surface area contributed by atoms with Crippen molar-refractivity contribution in [2.75, 3.05) is 25.6 Å². The molecule has 2 aromatic rings. The van der Waals surface area contributed by atoms with Crippen LogP contribution in [0.25, 0.3) is 0 Å². The van der Waals surface area contributed by atoms with Crippen molar-refractivity contribution in [2.24, 2.45) is 0 Å². The van der Waals surface area contributed by atoms with Gasteiger partial charge < -0.3 is 15.4 Å². The summed E-state index contributed by atoms with van der Waals surface area (Å²) in [6, 6.07) is 7.78. The van der Waals surface area contributed by atoms with Crippen molar-refractivity contribution in [3.8, 4) is 0 Å². The van der Waals surface area contributed by atoms with E-state index >= 15 is 0 Å².